The first-order chi connectivity index (χ1) is 14.5. The minimum atomic E-state index is -3.61. The third-order valence-corrected chi connectivity index (χ3v) is 6.83. The van der Waals surface area contributed by atoms with Gasteiger partial charge in [0.2, 0.25) is 10.0 Å². The number of carbonyl (C=O) groups excluding carboxylic acids is 1. The van der Waals surface area contributed by atoms with E-state index in [4.69, 9.17) is 0 Å². The molecular formula is C21H28N4O5S. The molecule has 31 heavy (non-hydrogen) atoms. The van der Waals surface area contributed by atoms with Crippen LogP contribution < -0.4 is 5.32 Å². The van der Waals surface area contributed by atoms with Gasteiger partial charge in [-0.3, -0.25) is 4.79 Å². The summed E-state index contributed by atoms with van der Waals surface area (Å²) in [5.74, 6) is -1.86. The Bertz CT molecular complexity index is 972. The molecule has 1 amide bonds. The van der Waals surface area contributed by atoms with Crippen LogP contribution >= 0.6 is 0 Å². The molecule has 1 unspecified atom stereocenters. The fraction of sp³-hybridized carbons (Fsp3) is 0.476. The van der Waals surface area contributed by atoms with Gasteiger partial charge < -0.3 is 15.3 Å². The number of hydrogen-bond donors (Lipinski definition) is 2. The smallest absolute Gasteiger partial charge is 0.326 e. The second kappa shape index (κ2) is 10.4. The van der Waals surface area contributed by atoms with Gasteiger partial charge in [0.25, 0.3) is 5.91 Å². The number of hydrogen-bond acceptors (Lipinski definition) is 6. The van der Waals surface area contributed by atoms with Crippen LogP contribution in [0, 0.1) is 24.2 Å². The van der Waals surface area contributed by atoms with Crippen molar-refractivity contribution in [2.45, 2.75) is 38.1 Å². The molecule has 1 atom stereocenters. The van der Waals surface area contributed by atoms with Crippen LogP contribution in [-0.4, -0.2) is 66.8 Å². The highest BCUT2D eigenvalue weighted by Gasteiger charge is 2.28. The number of benzene rings is 1. The second-order valence-corrected chi connectivity index (χ2v) is 9.84. The number of amides is 1. The molecule has 0 aliphatic carbocycles. The van der Waals surface area contributed by atoms with E-state index in [0.29, 0.717) is 13.1 Å². The van der Waals surface area contributed by atoms with Gasteiger partial charge in [0.05, 0.1) is 4.90 Å². The van der Waals surface area contributed by atoms with Crippen molar-refractivity contribution < 1.29 is 23.1 Å². The van der Waals surface area contributed by atoms with Gasteiger partial charge in [-0.15, -0.1) is 0 Å². The molecule has 1 aromatic rings. The first-order valence-corrected chi connectivity index (χ1v) is 11.4. The van der Waals surface area contributed by atoms with Gasteiger partial charge in [-0.05, 0) is 31.4 Å². The largest absolute Gasteiger partial charge is 0.480 e. The molecule has 1 saturated heterocycles. The van der Waals surface area contributed by atoms with E-state index in [-0.39, 0.29) is 35.9 Å². The molecule has 2 N–H and O–H groups in total. The average Bonchev–Trinajstić information content (AvgIpc) is 2.71. The number of carboxylic acid groups (broad SMARTS) is 1. The predicted molar refractivity (Wildman–Crippen MR) is 114 cm³/mol. The second-order valence-electron chi connectivity index (χ2n) is 7.90. The van der Waals surface area contributed by atoms with Crippen molar-refractivity contribution in [1.29, 1.82) is 5.26 Å². The van der Waals surface area contributed by atoms with E-state index in [1.165, 1.54) is 10.5 Å². The lowest BCUT2D eigenvalue weighted by Crippen LogP contribution is -2.47. The maximum atomic E-state index is 12.8. The van der Waals surface area contributed by atoms with E-state index < -0.39 is 27.9 Å². The van der Waals surface area contributed by atoms with Crippen molar-refractivity contribution in [1.82, 2.24) is 14.5 Å². The molecule has 1 aliphatic heterocycles. The molecule has 0 radical (unpaired) electrons. The van der Waals surface area contributed by atoms with Crippen LogP contribution in [-0.2, 0) is 19.6 Å². The number of piperazine rings is 1. The number of nitriles is 1. The molecule has 9 nitrogen and oxygen atoms in total. The van der Waals surface area contributed by atoms with Gasteiger partial charge in [0.15, 0.2) is 0 Å². The average molecular weight is 449 g/mol. The monoisotopic (exact) mass is 448 g/mol. The van der Waals surface area contributed by atoms with Crippen molar-refractivity contribution in [2.75, 3.05) is 26.2 Å². The van der Waals surface area contributed by atoms with Crippen LogP contribution in [0.1, 0.15) is 25.8 Å². The fourth-order valence-electron chi connectivity index (χ4n) is 3.18. The number of carboxylic acids is 1. The molecule has 1 heterocycles. The lowest BCUT2D eigenvalue weighted by Gasteiger charge is -2.33. The third kappa shape index (κ3) is 6.54. The highest BCUT2D eigenvalue weighted by atomic mass is 32.2. The molecule has 0 aromatic heterocycles. The van der Waals surface area contributed by atoms with Crippen molar-refractivity contribution in [3.63, 3.8) is 0 Å². The number of nitrogens with one attached hydrogen (secondary N) is 1. The molecule has 1 aromatic carbocycles. The number of aliphatic carboxylic acids is 1. The summed E-state index contributed by atoms with van der Waals surface area (Å²) in [4.78, 5) is 25.6. The molecular weight excluding hydrogens is 420 g/mol. The van der Waals surface area contributed by atoms with E-state index in [0.717, 1.165) is 5.56 Å². The highest BCUT2D eigenvalue weighted by molar-refractivity contribution is 7.89. The van der Waals surface area contributed by atoms with Crippen molar-refractivity contribution in [3.8, 4) is 6.07 Å². The predicted octanol–water partition coefficient (Wildman–Crippen LogP) is 1.32. The molecule has 0 saturated carbocycles. The number of carbonyl (C=O) groups is 2. The van der Waals surface area contributed by atoms with Crippen LogP contribution in [0.4, 0.5) is 0 Å². The van der Waals surface area contributed by atoms with Crippen molar-refractivity contribution >= 4 is 21.9 Å². The van der Waals surface area contributed by atoms with E-state index in [9.17, 15) is 28.4 Å². The van der Waals surface area contributed by atoms with Crippen LogP contribution in [0.2, 0.25) is 0 Å². The van der Waals surface area contributed by atoms with E-state index in [1.54, 1.807) is 35.2 Å². The maximum Gasteiger partial charge on any atom is 0.326 e. The van der Waals surface area contributed by atoms with Crippen LogP contribution in [0.3, 0.4) is 0 Å². The Morgan fingerprint density at radius 3 is 2.26 bits per heavy atom. The first kappa shape index (κ1) is 24.4. The third-order valence-electron chi connectivity index (χ3n) is 4.92. The van der Waals surface area contributed by atoms with Crippen molar-refractivity contribution in [2.24, 2.45) is 5.92 Å². The Morgan fingerprint density at radius 2 is 1.77 bits per heavy atom. The zero-order valence-corrected chi connectivity index (χ0v) is 18.7. The highest BCUT2D eigenvalue weighted by Crippen LogP contribution is 2.18. The normalized spacial score (nSPS) is 16.6. The van der Waals surface area contributed by atoms with Crippen LogP contribution in [0.25, 0.3) is 0 Å². The van der Waals surface area contributed by atoms with Crippen LogP contribution in [0.5, 0.6) is 0 Å². The molecule has 1 fully saturated rings. The minimum Gasteiger partial charge on any atom is -0.480 e. The summed E-state index contributed by atoms with van der Waals surface area (Å²) in [6.07, 6.45) is 1.61. The minimum absolute atomic E-state index is 0.0551. The summed E-state index contributed by atoms with van der Waals surface area (Å²) in [6.45, 7) is 6.58. The maximum absolute atomic E-state index is 12.8. The topological polar surface area (TPSA) is 131 Å². The lowest BCUT2D eigenvalue weighted by atomic mass is 10.0. The van der Waals surface area contributed by atoms with Gasteiger partial charge >= 0.3 is 5.97 Å². The lowest BCUT2D eigenvalue weighted by molar-refractivity contribution is -0.141. The summed E-state index contributed by atoms with van der Waals surface area (Å²) in [7, 11) is -3.61. The Labute approximate surface area is 183 Å². The van der Waals surface area contributed by atoms with Gasteiger partial charge in [0.1, 0.15) is 17.7 Å². The zero-order valence-electron chi connectivity index (χ0n) is 17.9. The van der Waals surface area contributed by atoms with E-state index >= 15 is 0 Å². The Morgan fingerprint density at radius 1 is 1.19 bits per heavy atom. The van der Waals surface area contributed by atoms with Gasteiger partial charge in [-0.1, -0.05) is 31.5 Å². The van der Waals surface area contributed by atoms with Gasteiger partial charge in [0, 0.05) is 32.4 Å². The van der Waals surface area contributed by atoms with Crippen LogP contribution in [0.15, 0.2) is 40.9 Å². The van der Waals surface area contributed by atoms with Crippen molar-refractivity contribution in [3.05, 3.63) is 41.6 Å². The van der Waals surface area contributed by atoms with E-state index in [1.807, 2.05) is 20.8 Å². The molecule has 2 rings (SSSR count). The Hall–Kier alpha value is -2.90. The SMILES string of the molecule is Cc1ccc(S(=O)(=O)N2CCN(/C=C(/C#N)C(=O)NC(CC(C)C)C(=O)O)CC2)cc1. The number of aryl methyl sites for hydroxylation is 1. The van der Waals surface area contributed by atoms with E-state index in [2.05, 4.69) is 5.32 Å². The Kier molecular flexibility index (Phi) is 8.19. The number of rotatable bonds is 8. The molecule has 1 aliphatic rings. The summed E-state index contributed by atoms with van der Waals surface area (Å²) in [5, 5.41) is 21.0. The first-order valence-electron chi connectivity index (χ1n) is 10.0. The number of sulfonamides is 1. The molecule has 10 heteroatoms. The molecule has 0 bridgehead atoms. The van der Waals surface area contributed by atoms with Gasteiger partial charge in [-0.2, -0.15) is 9.57 Å². The summed E-state index contributed by atoms with van der Waals surface area (Å²) >= 11 is 0. The molecule has 0 spiro atoms. The number of nitrogens with zero attached hydrogens (tertiary/aromatic N) is 3. The molecule has 168 valence electrons. The standard InChI is InChI=1S/C21H28N4O5S/c1-15(2)12-19(21(27)28)23-20(26)17(13-22)14-24-8-10-25(11-9-24)31(29,30)18-6-4-16(3)5-7-18/h4-7,14-15,19H,8-12H2,1-3H3,(H,23,26)(H,27,28)/b17-14-. The summed E-state index contributed by atoms with van der Waals surface area (Å²) in [5.41, 5.74) is 0.750. The summed E-state index contributed by atoms with van der Waals surface area (Å²) in [6, 6.07) is 7.36. The quantitative estimate of drug-likeness (QED) is 0.453. The zero-order chi connectivity index (χ0) is 23.2. The Balaban J connectivity index is 2.03. The summed E-state index contributed by atoms with van der Waals surface area (Å²) < 4.78 is 26.9. The fourth-order valence-corrected chi connectivity index (χ4v) is 4.60. The van der Waals surface area contributed by atoms with Gasteiger partial charge in [-0.25, -0.2) is 13.2 Å².